The molecule has 2 aliphatic heterocycles. The highest BCUT2D eigenvalue weighted by Gasteiger charge is 3.06. The van der Waals surface area contributed by atoms with Crippen molar-refractivity contribution in [2.24, 2.45) is 28.1 Å². The Hall–Kier alpha value is -4.81. The van der Waals surface area contributed by atoms with Gasteiger partial charge in [0.2, 0.25) is 5.60 Å². The van der Waals surface area contributed by atoms with Crippen LogP contribution in [0.15, 0.2) is 34.7 Å². The third-order valence-electron chi connectivity index (χ3n) is 15.2. The molecule has 0 radical (unpaired) electrons. The van der Waals surface area contributed by atoms with Gasteiger partial charge in [-0.1, -0.05) is 33.8 Å². The molecule has 62 heavy (non-hydrogen) atoms. The lowest BCUT2D eigenvalue weighted by atomic mass is 9.33. The minimum absolute atomic E-state index is 0.116. The largest absolute Gasteiger partial charge is 0.472 e. The molecule has 2 saturated heterocycles. The summed E-state index contributed by atoms with van der Waals surface area (Å²) >= 11 is 0. The van der Waals surface area contributed by atoms with E-state index < -0.39 is 129 Å². The van der Waals surface area contributed by atoms with Crippen LogP contribution in [0.25, 0.3) is 0 Å². The van der Waals surface area contributed by atoms with E-state index in [0.29, 0.717) is 5.56 Å². The number of hydrogen-bond acceptors (Lipinski definition) is 18. The van der Waals surface area contributed by atoms with Gasteiger partial charge < -0.3 is 51.8 Å². The minimum Gasteiger partial charge on any atom is -0.472 e. The van der Waals surface area contributed by atoms with E-state index in [-0.39, 0.29) is 31.3 Å². The summed E-state index contributed by atoms with van der Waals surface area (Å²) in [5.74, 6) is -10.1. The summed E-state index contributed by atoms with van der Waals surface area (Å²) in [6.45, 7) is 14.9. The van der Waals surface area contributed by atoms with Gasteiger partial charge in [-0.05, 0) is 38.7 Å². The van der Waals surface area contributed by atoms with E-state index in [1.807, 2.05) is 0 Å². The molecule has 4 saturated carbocycles. The molecule has 6 aliphatic rings. The molecule has 4 aliphatic carbocycles. The van der Waals surface area contributed by atoms with Gasteiger partial charge in [0.05, 0.1) is 33.2 Å². The average molecular weight is 873 g/mol. The van der Waals surface area contributed by atoms with Crippen molar-refractivity contribution in [3.05, 3.63) is 35.8 Å². The fourth-order valence-electron chi connectivity index (χ4n) is 13.5. The second-order valence-electron chi connectivity index (χ2n) is 18.3. The van der Waals surface area contributed by atoms with Gasteiger partial charge in [-0.3, -0.25) is 28.8 Å². The fraction of sp³-hybridized carbons (Fsp3) is 0.705. The summed E-state index contributed by atoms with van der Waals surface area (Å²) in [5, 5.41) is 0. The lowest BCUT2D eigenvalue weighted by molar-refractivity contribution is -0.486. The Morgan fingerprint density at radius 2 is 1.45 bits per heavy atom. The Morgan fingerprint density at radius 1 is 0.806 bits per heavy atom. The van der Waals surface area contributed by atoms with E-state index >= 15 is 0 Å². The molecule has 0 aromatic carbocycles. The molecule has 1 aromatic rings. The first-order chi connectivity index (χ1) is 28.9. The average Bonchev–Trinajstić information content (AvgIpc) is 3.90. The Morgan fingerprint density at radius 3 is 1.98 bits per heavy atom. The van der Waals surface area contributed by atoms with Gasteiger partial charge in [-0.2, -0.15) is 0 Å². The summed E-state index contributed by atoms with van der Waals surface area (Å²) < 4.78 is 70.5. The summed E-state index contributed by atoms with van der Waals surface area (Å²) in [6.07, 6.45) is -3.53. The Balaban J connectivity index is 1.72. The molecule has 14 atom stereocenters. The SMILES string of the molecule is C/C=C(\C)C(=O)OC1C2(OC(C)=O)C(OC(=O)CC)[C@]34OC5(C)OC26C[C@]1(C)[C@H](CC(=O)OC)[C@@]6(C)[C@@]3(O5)C(OC(C)=O)C[C@](C)([C@H](OC(C)=O)c1ccoc1)[C@H]4CC(=O)OC. The molecule has 18 heteroatoms. The number of rotatable bonds is 13. The van der Waals surface area contributed by atoms with E-state index in [2.05, 4.69) is 0 Å². The quantitative estimate of drug-likeness (QED) is 0.151. The maximum absolute atomic E-state index is 14.3. The van der Waals surface area contributed by atoms with E-state index in [1.165, 1.54) is 67.4 Å². The van der Waals surface area contributed by atoms with Crippen LogP contribution in [-0.4, -0.2) is 103 Å². The molecule has 3 heterocycles. The van der Waals surface area contributed by atoms with Crippen molar-refractivity contribution in [3.8, 4) is 0 Å². The maximum atomic E-state index is 14.3. The van der Waals surface area contributed by atoms with Crippen LogP contribution in [0.4, 0.5) is 0 Å². The van der Waals surface area contributed by atoms with Crippen molar-refractivity contribution < 1.29 is 85.3 Å². The number of carbonyl (C=O) groups excluding carboxylic acids is 7. The summed E-state index contributed by atoms with van der Waals surface area (Å²) in [4.78, 5) is 97.3. The molecular weight excluding hydrogens is 816 g/mol. The van der Waals surface area contributed by atoms with Gasteiger partial charge >= 0.3 is 41.8 Å². The number of fused-ring (bicyclic) bond motifs is 2. The zero-order valence-corrected chi connectivity index (χ0v) is 37.2. The number of carbonyl (C=O) groups is 7. The zero-order chi connectivity index (χ0) is 45.8. The first-order valence-electron chi connectivity index (χ1n) is 20.8. The molecule has 0 N–H and O–H groups in total. The van der Waals surface area contributed by atoms with Crippen molar-refractivity contribution in [1.29, 1.82) is 0 Å². The van der Waals surface area contributed by atoms with Gasteiger partial charge in [0.25, 0.3) is 5.97 Å². The van der Waals surface area contributed by atoms with Crippen LogP contribution >= 0.6 is 0 Å². The number of hydrogen-bond donors (Lipinski definition) is 0. The molecule has 6 unspecified atom stereocenters. The molecular formula is C44H56O18. The summed E-state index contributed by atoms with van der Waals surface area (Å²) in [6, 6.07) is 1.56. The number of ether oxygens (including phenoxy) is 10. The van der Waals surface area contributed by atoms with E-state index in [0.717, 1.165) is 6.92 Å². The Labute approximate surface area is 358 Å². The van der Waals surface area contributed by atoms with Crippen molar-refractivity contribution >= 4 is 41.8 Å². The lowest BCUT2D eigenvalue weighted by Gasteiger charge is -2.77. The van der Waals surface area contributed by atoms with Gasteiger partial charge in [0, 0.05) is 73.8 Å². The summed E-state index contributed by atoms with van der Waals surface area (Å²) in [5.41, 5.74) is -13.0. The van der Waals surface area contributed by atoms with E-state index in [9.17, 15) is 33.6 Å². The van der Waals surface area contributed by atoms with Crippen LogP contribution < -0.4 is 0 Å². The Kier molecular flexibility index (Phi) is 10.7. The zero-order valence-electron chi connectivity index (χ0n) is 37.2. The highest BCUT2D eigenvalue weighted by molar-refractivity contribution is 5.88. The van der Waals surface area contributed by atoms with Crippen molar-refractivity contribution in [2.45, 2.75) is 154 Å². The molecule has 7 rings (SSSR count). The van der Waals surface area contributed by atoms with Crippen LogP contribution in [0.3, 0.4) is 0 Å². The number of allylic oxidation sites excluding steroid dienone is 1. The summed E-state index contributed by atoms with van der Waals surface area (Å²) in [7, 11) is 2.39. The second-order valence-corrected chi connectivity index (χ2v) is 18.3. The van der Waals surface area contributed by atoms with Crippen LogP contribution in [0.5, 0.6) is 0 Å². The fourth-order valence-corrected chi connectivity index (χ4v) is 13.5. The molecule has 2 spiro atoms. The Bertz CT molecular complexity index is 2110. The van der Waals surface area contributed by atoms with Crippen LogP contribution in [0.1, 0.15) is 113 Å². The predicted molar refractivity (Wildman–Crippen MR) is 206 cm³/mol. The maximum Gasteiger partial charge on any atom is 0.333 e. The molecule has 1 aromatic heterocycles. The van der Waals surface area contributed by atoms with Gasteiger partial charge in [0.1, 0.15) is 17.8 Å². The molecule has 0 amide bonds. The second kappa shape index (κ2) is 14.6. The van der Waals surface area contributed by atoms with Crippen molar-refractivity contribution in [2.75, 3.05) is 14.2 Å². The molecule has 340 valence electrons. The first-order valence-corrected chi connectivity index (χ1v) is 20.8. The first kappa shape index (κ1) is 45.2. The van der Waals surface area contributed by atoms with Crippen LogP contribution in [0, 0.1) is 28.1 Å². The minimum atomic E-state index is -2.37. The highest BCUT2D eigenvalue weighted by atomic mass is 16.9. The molecule has 4 bridgehead atoms. The normalized spacial score (nSPS) is 42.3. The van der Waals surface area contributed by atoms with Crippen molar-refractivity contribution in [3.63, 3.8) is 0 Å². The number of furan rings is 1. The molecule has 6 fully saturated rings. The van der Waals surface area contributed by atoms with Gasteiger partial charge in [0.15, 0.2) is 23.4 Å². The highest BCUT2D eigenvalue weighted by Crippen LogP contribution is 2.90. The van der Waals surface area contributed by atoms with Crippen LogP contribution in [0.2, 0.25) is 0 Å². The van der Waals surface area contributed by atoms with E-state index in [1.54, 1.807) is 33.8 Å². The smallest absolute Gasteiger partial charge is 0.333 e. The topological polar surface area (TPSA) is 225 Å². The monoisotopic (exact) mass is 872 g/mol. The molecule has 18 nitrogen and oxygen atoms in total. The third-order valence-corrected chi connectivity index (χ3v) is 15.2. The lowest BCUT2D eigenvalue weighted by Crippen LogP contribution is -2.96. The van der Waals surface area contributed by atoms with Gasteiger partial charge in [-0.15, -0.1) is 0 Å². The number of methoxy groups -OCH3 is 2. The van der Waals surface area contributed by atoms with Crippen LogP contribution in [-0.2, 0) is 80.9 Å². The van der Waals surface area contributed by atoms with Gasteiger partial charge in [-0.25, -0.2) is 4.79 Å². The number of esters is 7. The van der Waals surface area contributed by atoms with Crippen molar-refractivity contribution in [1.82, 2.24) is 0 Å². The third kappa shape index (κ3) is 5.47. The predicted octanol–water partition coefficient (Wildman–Crippen LogP) is 4.50. The standard InChI is InChI=1S/C44H56O18/c1-13-22(3)34(51)58-35-38(8)21-41-39(9,27(38)17-31(49)52-11)44-29(55-23(4)45)19-37(7,33(56-24(5)46)26-15-16-54-20-26)28(18-32(50)53-12)42(44,61-40(10,60-41)62-44)36(57-30(48)14-2)43(35,41)59-25(6)47/h13,15-16,20,27-29,33,35-36H,14,17-19,21H2,1-12H3/b22-13+/t27-,28+,29?,33+,35?,36?,37-,38+,39+,40?,41?,42-,43?,44-/m0/s1. The van der Waals surface area contributed by atoms with E-state index in [4.69, 9.17) is 51.8 Å².